The second-order valence-corrected chi connectivity index (χ2v) is 8.53. The summed E-state index contributed by atoms with van der Waals surface area (Å²) in [5, 5.41) is 13.6. The highest BCUT2D eigenvalue weighted by atomic mass is 16.6. The predicted octanol–water partition coefficient (Wildman–Crippen LogP) is 3.93. The number of carbonyl (C=O) groups is 3. The minimum Gasteiger partial charge on any atom is -0.455 e. The van der Waals surface area contributed by atoms with Gasteiger partial charge >= 0.3 is 5.97 Å². The molecule has 8 nitrogen and oxygen atoms in total. The van der Waals surface area contributed by atoms with Crippen molar-refractivity contribution in [2.24, 2.45) is 23.7 Å². The number of rotatable bonds is 7. The molecule has 2 aromatic carbocycles. The number of ketones is 1. The zero-order valence-corrected chi connectivity index (χ0v) is 17.7. The van der Waals surface area contributed by atoms with E-state index in [-0.39, 0.29) is 29.0 Å². The van der Waals surface area contributed by atoms with Crippen molar-refractivity contribution in [1.82, 2.24) is 0 Å². The molecule has 1 N–H and O–H groups in total. The molecule has 2 aromatic rings. The molecule has 0 saturated heterocycles. The number of anilines is 1. The van der Waals surface area contributed by atoms with Crippen LogP contribution in [0.25, 0.3) is 0 Å². The molecule has 2 bridgehead atoms. The largest absolute Gasteiger partial charge is 0.455 e. The van der Waals surface area contributed by atoms with Gasteiger partial charge in [-0.2, -0.15) is 0 Å². The van der Waals surface area contributed by atoms with Gasteiger partial charge < -0.3 is 10.1 Å². The van der Waals surface area contributed by atoms with Crippen LogP contribution in [0.3, 0.4) is 0 Å². The maximum atomic E-state index is 13.1. The van der Waals surface area contributed by atoms with Crippen molar-refractivity contribution >= 4 is 29.0 Å². The highest BCUT2D eigenvalue weighted by Crippen LogP contribution is 2.53. The molecule has 166 valence electrons. The molecule has 2 aliphatic carbocycles. The number of Topliss-reactive ketones (excluding diaryl/α,β-unsaturated/α-hetero) is 1. The molecule has 0 aliphatic heterocycles. The van der Waals surface area contributed by atoms with E-state index in [2.05, 4.69) is 5.32 Å². The van der Waals surface area contributed by atoms with Gasteiger partial charge in [0.25, 0.3) is 11.6 Å². The van der Waals surface area contributed by atoms with Crippen molar-refractivity contribution in [3.8, 4) is 0 Å². The van der Waals surface area contributed by atoms with Crippen LogP contribution in [0.5, 0.6) is 0 Å². The number of fused-ring (bicyclic) bond motifs is 2. The summed E-state index contributed by atoms with van der Waals surface area (Å²) >= 11 is 0. The van der Waals surface area contributed by atoms with Crippen LogP contribution in [0.4, 0.5) is 11.4 Å². The molecule has 32 heavy (non-hydrogen) atoms. The van der Waals surface area contributed by atoms with Crippen LogP contribution in [0.15, 0.2) is 48.5 Å². The first-order valence-corrected chi connectivity index (χ1v) is 10.7. The zero-order chi connectivity index (χ0) is 22.8. The number of hydrogen-bond acceptors (Lipinski definition) is 6. The van der Waals surface area contributed by atoms with E-state index < -0.39 is 35.2 Å². The summed E-state index contributed by atoms with van der Waals surface area (Å²) < 4.78 is 5.29. The fraction of sp³-hybridized carbons (Fsp3) is 0.375. The molecule has 8 heteroatoms. The first kappa shape index (κ1) is 21.7. The summed E-state index contributed by atoms with van der Waals surface area (Å²) in [5.41, 5.74) is 1.20. The van der Waals surface area contributed by atoms with Gasteiger partial charge in [-0.05, 0) is 44.1 Å². The second-order valence-electron chi connectivity index (χ2n) is 8.53. The average Bonchev–Trinajstić information content (AvgIpc) is 3.40. The van der Waals surface area contributed by atoms with Gasteiger partial charge in [-0.3, -0.25) is 24.5 Å². The molecule has 4 atom stereocenters. The van der Waals surface area contributed by atoms with Crippen molar-refractivity contribution in [1.29, 1.82) is 0 Å². The molecule has 4 rings (SSSR count). The number of benzene rings is 2. The molecular weight excluding hydrogens is 412 g/mol. The SMILES string of the molecule is Cc1ccc(NC(=O)COC(=O)[C@H]2[C@H]3CC[C@@H](C3)[C@H]2C(=O)c2ccccc2)cc1[N+](=O)[O-]. The molecule has 2 saturated carbocycles. The van der Waals surface area contributed by atoms with E-state index in [4.69, 9.17) is 4.74 Å². The van der Waals surface area contributed by atoms with E-state index in [1.165, 1.54) is 12.1 Å². The third kappa shape index (κ3) is 4.26. The van der Waals surface area contributed by atoms with Crippen LogP contribution in [-0.4, -0.2) is 29.2 Å². The van der Waals surface area contributed by atoms with Crippen molar-refractivity contribution in [2.75, 3.05) is 11.9 Å². The Morgan fingerprint density at radius 3 is 2.44 bits per heavy atom. The molecule has 0 aromatic heterocycles. The summed E-state index contributed by atoms with van der Waals surface area (Å²) in [6, 6.07) is 13.3. The number of hydrogen-bond donors (Lipinski definition) is 1. The molecule has 0 unspecified atom stereocenters. The van der Waals surface area contributed by atoms with E-state index in [1.54, 1.807) is 37.3 Å². The third-order valence-electron chi connectivity index (χ3n) is 6.58. The van der Waals surface area contributed by atoms with E-state index >= 15 is 0 Å². The Labute approximate surface area is 185 Å². The van der Waals surface area contributed by atoms with Crippen LogP contribution < -0.4 is 5.32 Å². The predicted molar refractivity (Wildman–Crippen MR) is 116 cm³/mol. The Bertz CT molecular complexity index is 1070. The molecular formula is C24H24N2O6. The van der Waals surface area contributed by atoms with E-state index in [1.807, 2.05) is 6.07 Å². The Hall–Kier alpha value is -3.55. The second kappa shape index (κ2) is 8.90. The lowest BCUT2D eigenvalue weighted by Gasteiger charge is -2.28. The van der Waals surface area contributed by atoms with Crippen LogP contribution >= 0.6 is 0 Å². The van der Waals surface area contributed by atoms with Crippen molar-refractivity contribution in [3.63, 3.8) is 0 Å². The Morgan fingerprint density at radius 1 is 1.06 bits per heavy atom. The van der Waals surface area contributed by atoms with Crippen LogP contribution in [-0.2, 0) is 14.3 Å². The number of nitro groups is 1. The Balaban J connectivity index is 1.40. The van der Waals surface area contributed by atoms with Gasteiger partial charge in [0, 0.05) is 28.8 Å². The topological polar surface area (TPSA) is 116 Å². The van der Waals surface area contributed by atoms with E-state index in [0.717, 1.165) is 19.3 Å². The van der Waals surface area contributed by atoms with Crippen molar-refractivity contribution < 1.29 is 24.0 Å². The number of nitrogens with zero attached hydrogens (tertiary/aromatic N) is 1. The summed E-state index contributed by atoms with van der Waals surface area (Å²) in [6.45, 7) is 1.09. The number of esters is 1. The molecule has 0 heterocycles. The van der Waals surface area contributed by atoms with Crippen LogP contribution in [0.2, 0.25) is 0 Å². The van der Waals surface area contributed by atoms with Gasteiger partial charge in [0.15, 0.2) is 12.4 Å². The molecule has 0 spiro atoms. The normalized spacial score (nSPS) is 23.5. The lowest BCUT2D eigenvalue weighted by Crippen LogP contribution is -2.37. The molecule has 0 radical (unpaired) electrons. The molecule has 2 aliphatic rings. The average molecular weight is 436 g/mol. The first-order valence-electron chi connectivity index (χ1n) is 10.7. The van der Waals surface area contributed by atoms with Gasteiger partial charge in [0.2, 0.25) is 0 Å². The standard InChI is InChI=1S/C24H24N2O6/c1-14-7-10-18(12-19(14)26(30)31)25-20(27)13-32-24(29)22-17-9-8-16(11-17)21(22)23(28)15-5-3-2-4-6-15/h2-7,10,12,16-17,21-22H,8-9,11,13H2,1H3,(H,25,27)/t16-,17-,21+,22-/m0/s1. The van der Waals surface area contributed by atoms with Gasteiger partial charge in [-0.15, -0.1) is 0 Å². The molecule has 2 fully saturated rings. The summed E-state index contributed by atoms with van der Waals surface area (Å²) in [5.74, 6) is -1.89. The Kier molecular flexibility index (Phi) is 6.03. The van der Waals surface area contributed by atoms with E-state index in [9.17, 15) is 24.5 Å². The van der Waals surface area contributed by atoms with Crippen molar-refractivity contribution in [3.05, 3.63) is 69.8 Å². The highest BCUT2D eigenvalue weighted by molar-refractivity contribution is 6.01. The number of ether oxygens (including phenoxy) is 1. The van der Waals surface area contributed by atoms with Gasteiger partial charge in [0.05, 0.1) is 10.8 Å². The number of carbonyl (C=O) groups excluding carboxylic acids is 3. The number of nitrogens with one attached hydrogen (secondary N) is 1. The Morgan fingerprint density at radius 2 is 1.75 bits per heavy atom. The van der Waals surface area contributed by atoms with Crippen molar-refractivity contribution in [2.45, 2.75) is 26.2 Å². The number of amides is 1. The monoisotopic (exact) mass is 436 g/mol. The first-order chi connectivity index (χ1) is 15.3. The summed E-state index contributed by atoms with van der Waals surface area (Å²) in [6.07, 6.45) is 2.62. The summed E-state index contributed by atoms with van der Waals surface area (Å²) in [7, 11) is 0. The third-order valence-corrected chi connectivity index (χ3v) is 6.58. The lowest BCUT2D eigenvalue weighted by molar-refractivity contribution is -0.385. The fourth-order valence-electron chi connectivity index (χ4n) is 5.12. The quantitative estimate of drug-likeness (QED) is 0.304. The number of aryl methyl sites for hydroxylation is 1. The summed E-state index contributed by atoms with van der Waals surface area (Å²) in [4.78, 5) is 48.8. The van der Waals surface area contributed by atoms with E-state index in [0.29, 0.717) is 11.1 Å². The van der Waals surface area contributed by atoms with Crippen LogP contribution in [0, 0.1) is 40.7 Å². The zero-order valence-electron chi connectivity index (χ0n) is 17.7. The maximum absolute atomic E-state index is 13.1. The molecule has 1 amide bonds. The lowest BCUT2D eigenvalue weighted by atomic mass is 9.75. The minimum atomic E-state index is -0.592. The minimum absolute atomic E-state index is 0.0452. The van der Waals surface area contributed by atoms with Gasteiger partial charge in [-0.1, -0.05) is 36.4 Å². The highest BCUT2D eigenvalue weighted by Gasteiger charge is 2.54. The van der Waals surface area contributed by atoms with Crippen LogP contribution in [0.1, 0.15) is 35.2 Å². The van der Waals surface area contributed by atoms with Gasteiger partial charge in [0.1, 0.15) is 0 Å². The fourth-order valence-corrected chi connectivity index (χ4v) is 5.12. The maximum Gasteiger partial charge on any atom is 0.310 e. The smallest absolute Gasteiger partial charge is 0.310 e. The number of nitro benzene ring substituents is 1. The van der Waals surface area contributed by atoms with Gasteiger partial charge in [-0.25, -0.2) is 0 Å².